The Morgan fingerprint density at radius 3 is 2.52 bits per heavy atom. The summed E-state index contributed by atoms with van der Waals surface area (Å²) in [4.78, 5) is 24.1. The van der Waals surface area contributed by atoms with Crippen LogP contribution in [0.5, 0.6) is 0 Å². The van der Waals surface area contributed by atoms with Gasteiger partial charge in [-0.15, -0.1) is 10.2 Å². The van der Waals surface area contributed by atoms with E-state index in [0.717, 1.165) is 5.56 Å². The van der Waals surface area contributed by atoms with Crippen LogP contribution in [0.2, 0.25) is 0 Å². The minimum atomic E-state index is -0.400. The lowest BCUT2D eigenvalue weighted by atomic mass is 10.2. The number of hydrogen-bond donors (Lipinski definition) is 2. The standard InChI is InChI=1S/C20H21N5O3S/c1-2-28-18(27)15-8-10-16(11-9-15)22-17(26)12-25-19(21)23-24-20(25)29-13-14-6-4-3-5-7-14/h3-11H,2,12-13H2,1H3,(H2,21,23)(H,22,26). The number of nitrogens with one attached hydrogen (secondary N) is 1. The van der Waals surface area contributed by atoms with Crippen LogP contribution >= 0.6 is 11.8 Å². The fourth-order valence-corrected chi connectivity index (χ4v) is 3.43. The second-order valence-corrected chi connectivity index (χ2v) is 6.99. The Kier molecular flexibility index (Phi) is 6.85. The molecule has 3 rings (SSSR count). The highest BCUT2D eigenvalue weighted by Gasteiger charge is 2.14. The zero-order valence-electron chi connectivity index (χ0n) is 15.9. The first kappa shape index (κ1) is 20.4. The van der Waals surface area contributed by atoms with Gasteiger partial charge in [0.05, 0.1) is 12.2 Å². The molecule has 1 amide bonds. The predicted octanol–water partition coefficient (Wildman–Crippen LogP) is 2.97. The maximum atomic E-state index is 12.4. The van der Waals surface area contributed by atoms with Crippen LogP contribution < -0.4 is 11.1 Å². The zero-order chi connectivity index (χ0) is 20.6. The Hall–Kier alpha value is -3.33. The molecule has 9 heteroatoms. The smallest absolute Gasteiger partial charge is 0.338 e. The molecule has 0 bridgehead atoms. The number of hydrogen-bond acceptors (Lipinski definition) is 7. The third-order valence-electron chi connectivity index (χ3n) is 3.94. The minimum absolute atomic E-state index is 0.0183. The highest BCUT2D eigenvalue weighted by molar-refractivity contribution is 7.98. The van der Waals surface area contributed by atoms with Gasteiger partial charge in [-0.05, 0) is 36.8 Å². The van der Waals surface area contributed by atoms with Gasteiger partial charge in [0.25, 0.3) is 0 Å². The molecule has 0 spiro atoms. The minimum Gasteiger partial charge on any atom is -0.462 e. The first-order valence-corrected chi connectivity index (χ1v) is 9.98. The third-order valence-corrected chi connectivity index (χ3v) is 4.98. The summed E-state index contributed by atoms with van der Waals surface area (Å²) in [7, 11) is 0. The number of nitrogens with zero attached hydrogens (tertiary/aromatic N) is 3. The van der Waals surface area contributed by atoms with Crippen molar-refractivity contribution in [3.8, 4) is 0 Å². The van der Waals surface area contributed by atoms with Gasteiger partial charge in [-0.2, -0.15) is 0 Å². The molecule has 8 nitrogen and oxygen atoms in total. The first-order chi connectivity index (χ1) is 14.1. The van der Waals surface area contributed by atoms with Crippen LogP contribution in [-0.2, 0) is 21.8 Å². The number of esters is 1. The normalized spacial score (nSPS) is 10.5. The molecule has 0 radical (unpaired) electrons. The Morgan fingerprint density at radius 2 is 1.83 bits per heavy atom. The zero-order valence-corrected chi connectivity index (χ0v) is 16.7. The van der Waals surface area contributed by atoms with E-state index in [4.69, 9.17) is 10.5 Å². The summed E-state index contributed by atoms with van der Waals surface area (Å²) in [6.07, 6.45) is 0. The van der Waals surface area contributed by atoms with Crippen molar-refractivity contribution in [1.29, 1.82) is 0 Å². The number of nitrogens with two attached hydrogens (primary N) is 1. The second-order valence-electron chi connectivity index (χ2n) is 6.05. The Balaban J connectivity index is 1.60. The van der Waals surface area contributed by atoms with Crippen LogP contribution in [0, 0.1) is 0 Å². The summed E-state index contributed by atoms with van der Waals surface area (Å²) in [5.74, 6) is 0.189. The van der Waals surface area contributed by atoms with Gasteiger partial charge in [0.15, 0.2) is 5.16 Å². The number of benzene rings is 2. The maximum absolute atomic E-state index is 12.4. The van der Waals surface area contributed by atoms with E-state index in [0.29, 0.717) is 28.8 Å². The molecular weight excluding hydrogens is 390 g/mol. The van der Waals surface area contributed by atoms with Crippen LogP contribution in [0.15, 0.2) is 59.8 Å². The lowest BCUT2D eigenvalue weighted by molar-refractivity contribution is -0.116. The second kappa shape index (κ2) is 9.74. The molecule has 0 aliphatic rings. The number of ether oxygens (including phenoxy) is 1. The van der Waals surface area contributed by atoms with Gasteiger partial charge in [0, 0.05) is 11.4 Å². The van der Waals surface area contributed by atoms with Gasteiger partial charge in [0.2, 0.25) is 11.9 Å². The Morgan fingerprint density at radius 1 is 1.10 bits per heavy atom. The van der Waals surface area contributed by atoms with E-state index >= 15 is 0 Å². The molecule has 2 aromatic carbocycles. The van der Waals surface area contributed by atoms with Crippen molar-refractivity contribution in [2.45, 2.75) is 24.4 Å². The molecule has 0 unspecified atom stereocenters. The Labute approximate surface area is 172 Å². The predicted molar refractivity (Wildman–Crippen MR) is 111 cm³/mol. The van der Waals surface area contributed by atoms with Gasteiger partial charge in [-0.25, -0.2) is 4.79 Å². The molecule has 0 aliphatic heterocycles. The largest absolute Gasteiger partial charge is 0.462 e. The van der Waals surface area contributed by atoms with E-state index in [2.05, 4.69) is 15.5 Å². The molecule has 0 fully saturated rings. The van der Waals surface area contributed by atoms with Crippen molar-refractivity contribution in [3.05, 3.63) is 65.7 Å². The highest BCUT2D eigenvalue weighted by Crippen LogP contribution is 2.22. The molecule has 0 saturated heterocycles. The third kappa shape index (κ3) is 5.58. The average Bonchev–Trinajstić information content (AvgIpc) is 3.07. The number of carbonyl (C=O) groups excluding carboxylic acids is 2. The molecule has 0 saturated carbocycles. The van der Waals surface area contributed by atoms with Gasteiger partial charge in [-0.1, -0.05) is 42.1 Å². The van der Waals surface area contributed by atoms with Gasteiger partial charge < -0.3 is 15.8 Å². The average molecular weight is 411 g/mol. The van der Waals surface area contributed by atoms with Gasteiger partial charge >= 0.3 is 5.97 Å². The van der Waals surface area contributed by atoms with E-state index in [1.165, 1.54) is 11.8 Å². The van der Waals surface area contributed by atoms with Gasteiger partial charge in [0.1, 0.15) is 6.54 Å². The fourth-order valence-electron chi connectivity index (χ4n) is 2.53. The summed E-state index contributed by atoms with van der Waals surface area (Å²) >= 11 is 1.46. The molecule has 3 aromatic rings. The van der Waals surface area contributed by atoms with Crippen LogP contribution in [0.4, 0.5) is 11.6 Å². The fraction of sp³-hybridized carbons (Fsp3) is 0.200. The van der Waals surface area contributed by atoms with Crippen molar-refractivity contribution in [3.63, 3.8) is 0 Å². The topological polar surface area (TPSA) is 112 Å². The Bertz CT molecular complexity index is 974. The van der Waals surface area contributed by atoms with Crippen molar-refractivity contribution >= 4 is 35.3 Å². The lowest BCUT2D eigenvalue weighted by Crippen LogP contribution is -2.20. The molecule has 1 heterocycles. The number of nitrogen functional groups attached to an aromatic ring is 1. The maximum Gasteiger partial charge on any atom is 0.338 e. The van der Waals surface area contributed by atoms with Crippen molar-refractivity contribution in [2.75, 3.05) is 17.7 Å². The molecule has 0 aliphatic carbocycles. The van der Waals surface area contributed by atoms with Gasteiger partial charge in [-0.3, -0.25) is 9.36 Å². The number of rotatable bonds is 8. The lowest BCUT2D eigenvalue weighted by Gasteiger charge is -2.09. The van der Waals surface area contributed by atoms with E-state index in [1.54, 1.807) is 35.8 Å². The molecule has 0 atom stereocenters. The van der Waals surface area contributed by atoms with Crippen molar-refractivity contribution < 1.29 is 14.3 Å². The molecule has 3 N–H and O–H groups in total. The molecule has 1 aromatic heterocycles. The number of amides is 1. The summed E-state index contributed by atoms with van der Waals surface area (Å²) in [6.45, 7) is 2.04. The SMILES string of the molecule is CCOC(=O)c1ccc(NC(=O)Cn2c(N)nnc2SCc2ccccc2)cc1. The van der Waals surface area contributed by atoms with Crippen LogP contribution in [0.1, 0.15) is 22.8 Å². The molecule has 150 valence electrons. The summed E-state index contributed by atoms with van der Waals surface area (Å²) in [5, 5.41) is 11.3. The first-order valence-electron chi connectivity index (χ1n) is 8.99. The monoisotopic (exact) mass is 411 g/mol. The number of thioether (sulfide) groups is 1. The van der Waals surface area contributed by atoms with E-state index in [1.807, 2.05) is 30.3 Å². The van der Waals surface area contributed by atoms with Crippen molar-refractivity contribution in [1.82, 2.24) is 14.8 Å². The number of aromatic nitrogens is 3. The van der Waals surface area contributed by atoms with Crippen LogP contribution in [-0.4, -0.2) is 33.2 Å². The van der Waals surface area contributed by atoms with Crippen molar-refractivity contribution in [2.24, 2.45) is 0 Å². The number of anilines is 2. The molecule has 29 heavy (non-hydrogen) atoms. The van der Waals surface area contributed by atoms with Crippen LogP contribution in [0.3, 0.4) is 0 Å². The van der Waals surface area contributed by atoms with Crippen LogP contribution in [0.25, 0.3) is 0 Å². The number of carbonyl (C=O) groups is 2. The quantitative estimate of drug-likeness (QED) is 0.433. The van der Waals surface area contributed by atoms with E-state index in [9.17, 15) is 9.59 Å². The van der Waals surface area contributed by atoms with E-state index < -0.39 is 5.97 Å². The summed E-state index contributed by atoms with van der Waals surface area (Å²) in [5.41, 5.74) is 8.00. The molecular formula is C20H21N5O3S. The van der Waals surface area contributed by atoms with E-state index in [-0.39, 0.29) is 18.4 Å². The summed E-state index contributed by atoms with van der Waals surface area (Å²) in [6, 6.07) is 16.4. The summed E-state index contributed by atoms with van der Waals surface area (Å²) < 4.78 is 6.51. The highest BCUT2D eigenvalue weighted by atomic mass is 32.2.